The van der Waals surface area contributed by atoms with E-state index in [0.29, 0.717) is 23.4 Å². The average molecular weight is 381 g/mol. The second-order valence-electron chi connectivity index (χ2n) is 6.63. The molecule has 0 saturated heterocycles. The Labute approximate surface area is 155 Å². The molecule has 1 aromatic rings. The number of esters is 2. The molecule has 142 valence electrons. The first-order valence-corrected chi connectivity index (χ1v) is 9.65. The second kappa shape index (κ2) is 8.03. The minimum absolute atomic E-state index is 0.0738. The Bertz CT molecular complexity index is 692. The first kappa shape index (κ1) is 18.6. The van der Waals surface area contributed by atoms with Gasteiger partial charge in [-0.3, -0.25) is 14.9 Å². The number of carbonyl (C=O) groups is 3. The normalized spacial score (nSPS) is 26.4. The van der Waals surface area contributed by atoms with E-state index in [4.69, 9.17) is 9.47 Å². The molecule has 2 bridgehead atoms. The Kier molecular flexibility index (Phi) is 5.75. The smallest absolute Gasteiger partial charge is 0.321 e. The van der Waals surface area contributed by atoms with Crippen molar-refractivity contribution in [2.75, 3.05) is 19.0 Å². The number of nitrogens with zero attached hydrogens (tertiary/aromatic N) is 1. The third-order valence-corrected chi connectivity index (χ3v) is 5.90. The molecule has 1 heterocycles. The summed E-state index contributed by atoms with van der Waals surface area (Å²) < 4.78 is 9.79. The lowest BCUT2D eigenvalue weighted by Gasteiger charge is -2.29. The van der Waals surface area contributed by atoms with Crippen LogP contribution in [0.4, 0.5) is 9.93 Å². The van der Waals surface area contributed by atoms with E-state index in [-0.39, 0.29) is 36.2 Å². The van der Waals surface area contributed by atoms with Crippen molar-refractivity contribution in [2.24, 2.45) is 17.8 Å². The molecule has 2 N–H and O–H groups in total. The number of aromatic nitrogens is 1. The molecule has 3 rings (SSSR count). The monoisotopic (exact) mass is 381 g/mol. The van der Waals surface area contributed by atoms with E-state index in [0.717, 1.165) is 19.3 Å². The van der Waals surface area contributed by atoms with Crippen molar-refractivity contribution in [1.29, 1.82) is 0 Å². The van der Waals surface area contributed by atoms with E-state index >= 15 is 0 Å². The van der Waals surface area contributed by atoms with Crippen molar-refractivity contribution >= 4 is 34.4 Å². The van der Waals surface area contributed by atoms with Crippen molar-refractivity contribution in [2.45, 2.75) is 38.6 Å². The Morgan fingerprint density at radius 2 is 2.08 bits per heavy atom. The number of nitrogens with one attached hydrogen (secondary N) is 2. The van der Waals surface area contributed by atoms with E-state index < -0.39 is 6.03 Å². The molecule has 0 aliphatic heterocycles. The van der Waals surface area contributed by atoms with Crippen LogP contribution in [0.1, 0.15) is 31.9 Å². The maximum atomic E-state index is 12.3. The maximum absolute atomic E-state index is 12.3. The molecule has 2 fully saturated rings. The number of hydrogen-bond donors (Lipinski definition) is 2. The minimum Gasteiger partial charge on any atom is -0.469 e. The zero-order chi connectivity index (χ0) is 18.7. The molecule has 0 spiro atoms. The lowest BCUT2D eigenvalue weighted by atomic mass is 9.84. The fraction of sp³-hybridized carbons (Fsp3) is 0.647. The molecule has 0 aromatic carbocycles. The summed E-state index contributed by atoms with van der Waals surface area (Å²) >= 11 is 1.24. The van der Waals surface area contributed by atoms with Gasteiger partial charge in [0.2, 0.25) is 0 Å². The van der Waals surface area contributed by atoms with Crippen molar-refractivity contribution in [1.82, 2.24) is 10.3 Å². The quantitative estimate of drug-likeness (QED) is 0.730. The van der Waals surface area contributed by atoms with E-state index in [1.807, 2.05) is 0 Å². The topological polar surface area (TPSA) is 107 Å². The highest BCUT2D eigenvalue weighted by atomic mass is 32.1. The number of fused-ring (bicyclic) bond motifs is 2. The van der Waals surface area contributed by atoms with Gasteiger partial charge in [-0.25, -0.2) is 9.78 Å². The van der Waals surface area contributed by atoms with Crippen LogP contribution >= 0.6 is 11.3 Å². The van der Waals surface area contributed by atoms with Crippen molar-refractivity contribution in [3.8, 4) is 0 Å². The summed E-state index contributed by atoms with van der Waals surface area (Å²) in [6.45, 7) is 2.06. The van der Waals surface area contributed by atoms with Crippen LogP contribution in [0.25, 0.3) is 0 Å². The van der Waals surface area contributed by atoms with Crippen LogP contribution in [0, 0.1) is 17.8 Å². The number of carbonyl (C=O) groups excluding carboxylic acids is 3. The number of thiazole rings is 1. The molecule has 8 nitrogen and oxygen atoms in total. The van der Waals surface area contributed by atoms with Gasteiger partial charge in [-0.1, -0.05) is 0 Å². The van der Waals surface area contributed by atoms with E-state index in [9.17, 15) is 14.4 Å². The van der Waals surface area contributed by atoms with Gasteiger partial charge < -0.3 is 14.8 Å². The lowest BCUT2D eigenvalue weighted by molar-refractivity contribution is -0.148. The zero-order valence-corrected chi connectivity index (χ0v) is 15.6. The standard InChI is InChI=1S/C17H23N3O5S/c1-3-25-12(21)7-11-8-26-17(18-11)20-16(23)19-14-10-5-4-9(6-10)13(14)15(22)24-2/h8-10,13-14H,3-7H2,1-2H3,(H2,18,19,20,23)/t9-,10-,13+,14+/m0/s1. The van der Waals surface area contributed by atoms with Gasteiger partial charge >= 0.3 is 18.0 Å². The fourth-order valence-electron chi connectivity index (χ4n) is 4.06. The SMILES string of the molecule is CCOC(=O)Cc1csc(NC(=O)N[C@@H]2[C@H]3CC[C@@H](C3)[C@H]2C(=O)OC)n1. The molecule has 2 aliphatic carbocycles. The minimum atomic E-state index is -0.395. The summed E-state index contributed by atoms with van der Waals surface area (Å²) in [6, 6.07) is -0.603. The van der Waals surface area contributed by atoms with Gasteiger partial charge in [-0.05, 0) is 38.0 Å². The first-order chi connectivity index (χ1) is 12.5. The van der Waals surface area contributed by atoms with Crippen molar-refractivity contribution in [3.05, 3.63) is 11.1 Å². The zero-order valence-electron chi connectivity index (χ0n) is 14.8. The van der Waals surface area contributed by atoms with Gasteiger partial charge in [-0.2, -0.15) is 0 Å². The van der Waals surface area contributed by atoms with Crippen LogP contribution < -0.4 is 10.6 Å². The Balaban J connectivity index is 1.56. The second-order valence-corrected chi connectivity index (χ2v) is 7.49. The lowest BCUT2D eigenvalue weighted by Crippen LogP contribution is -2.48. The largest absolute Gasteiger partial charge is 0.469 e. The van der Waals surface area contributed by atoms with Gasteiger partial charge in [0.15, 0.2) is 5.13 Å². The van der Waals surface area contributed by atoms with E-state index in [1.54, 1.807) is 12.3 Å². The first-order valence-electron chi connectivity index (χ1n) is 8.77. The van der Waals surface area contributed by atoms with Gasteiger partial charge in [0.1, 0.15) is 0 Å². The molecule has 2 amide bonds. The predicted octanol–water partition coefficient (Wildman–Crippen LogP) is 1.96. The number of rotatable bonds is 6. The highest BCUT2D eigenvalue weighted by molar-refractivity contribution is 7.13. The van der Waals surface area contributed by atoms with Crippen LogP contribution in [-0.4, -0.2) is 42.7 Å². The van der Waals surface area contributed by atoms with Crippen LogP contribution in [0.15, 0.2) is 5.38 Å². The summed E-state index contributed by atoms with van der Waals surface area (Å²) in [5.41, 5.74) is 0.552. The van der Waals surface area contributed by atoms with Crippen molar-refractivity contribution < 1.29 is 23.9 Å². The third kappa shape index (κ3) is 3.98. The number of anilines is 1. The van der Waals surface area contributed by atoms with Crippen LogP contribution in [0.2, 0.25) is 0 Å². The van der Waals surface area contributed by atoms with Crippen LogP contribution in [-0.2, 0) is 25.5 Å². The molecule has 1 aromatic heterocycles. The molecule has 0 radical (unpaired) electrons. The van der Waals surface area contributed by atoms with Crippen molar-refractivity contribution in [3.63, 3.8) is 0 Å². The van der Waals surface area contributed by atoms with Gasteiger partial charge in [0, 0.05) is 11.4 Å². The molecule has 26 heavy (non-hydrogen) atoms. The van der Waals surface area contributed by atoms with Gasteiger partial charge in [0.05, 0.1) is 31.7 Å². The highest BCUT2D eigenvalue weighted by Crippen LogP contribution is 2.48. The number of methoxy groups -OCH3 is 1. The summed E-state index contributed by atoms with van der Waals surface area (Å²) in [7, 11) is 1.38. The Hall–Kier alpha value is -2.16. The van der Waals surface area contributed by atoms with Crippen LogP contribution in [0.3, 0.4) is 0 Å². The highest BCUT2D eigenvalue weighted by Gasteiger charge is 2.52. The molecule has 2 aliphatic rings. The van der Waals surface area contributed by atoms with Gasteiger partial charge in [0.25, 0.3) is 0 Å². The number of amides is 2. The third-order valence-electron chi connectivity index (χ3n) is 5.09. The Morgan fingerprint density at radius 1 is 1.31 bits per heavy atom. The molecule has 0 unspecified atom stereocenters. The summed E-state index contributed by atoms with van der Waals surface area (Å²) in [5, 5.41) is 7.72. The predicted molar refractivity (Wildman–Crippen MR) is 94.7 cm³/mol. The van der Waals surface area contributed by atoms with Gasteiger partial charge in [-0.15, -0.1) is 11.3 Å². The number of hydrogen-bond acceptors (Lipinski definition) is 7. The molecular weight excluding hydrogens is 358 g/mol. The van der Waals surface area contributed by atoms with Crippen LogP contribution in [0.5, 0.6) is 0 Å². The molecule has 2 saturated carbocycles. The molecular formula is C17H23N3O5S. The summed E-state index contributed by atoms with van der Waals surface area (Å²) in [6.07, 6.45) is 3.05. The summed E-state index contributed by atoms with van der Waals surface area (Å²) in [5.74, 6) is -0.287. The molecule has 9 heteroatoms. The van der Waals surface area contributed by atoms with E-state index in [2.05, 4.69) is 15.6 Å². The number of ether oxygens (including phenoxy) is 2. The number of urea groups is 1. The summed E-state index contributed by atoms with van der Waals surface area (Å²) in [4.78, 5) is 40.1. The fourth-order valence-corrected chi connectivity index (χ4v) is 4.77. The van der Waals surface area contributed by atoms with E-state index in [1.165, 1.54) is 18.4 Å². The molecule has 4 atom stereocenters. The average Bonchev–Trinajstić information content (AvgIpc) is 3.31. The Morgan fingerprint density at radius 3 is 2.81 bits per heavy atom. The maximum Gasteiger partial charge on any atom is 0.321 e.